The zero-order valence-corrected chi connectivity index (χ0v) is 24.7. The fraction of sp³-hybridized carbons (Fsp3) is 0.219. The van der Waals surface area contributed by atoms with Crippen LogP contribution in [0.3, 0.4) is 0 Å². The van der Waals surface area contributed by atoms with E-state index in [2.05, 4.69) is 5.32 Å². The first kappa shape index (κ1) is 29.5. The van der Waals surface area contributed by atoms with Gasteiger partial charge in [0.15, 0.2) is 0 Å². The number of benzene rings is 3. The van der Waals surface area contributed by atoms with Gasteiger partial charge >= 0.3 is 0 Å². The van der Waals surface area contributed by atoms with Gasteiger partial charge in [-0.1, -0.05) is 19.1 Å². The summed E-state index contributed by atoms with van der Waals surface area (Å²) in [5.41, 5.74) is 2.77. The summed E-state index contributed by atoms with van der Waals surface area (Å²) in [7, 11) is 3.15. The van der Waals surface area contributed by atoms with E-state index < -0.39 is 36.1 Å². The summed E-state index contributed by atoms with van der Waals surface area (Å²) in [5, 5.41) is 5.38. The molecule has 0 aliphatic carbocycles. The van der Waals surface area contributed by atoms with Gasteiger partial charge in [0.25, 0.3) is 11.7 Å². The van der Waals surface area contributed by atoms with Crippen molar-refractivity contribution in [2.24, 2.45) is 0 Å². The van der Waals surface area contributed by atoms with Gasteiger partial charge in [-0.3, -0.25) is 24.1 Å². The molecule has 1 atom stereocenters. The van der Waals surface area contributed by atoms with Crippen LogP contribution in [0.5, 0.6) is 11.5 Å². The largest absolute Gasteiger partial charge is 0.497 e. The molecule has 220 valence electrons. The molecule has 0 fully saturated rings. The van der Waals surface area contributed by atoms with E-state index in [0.717, 1.165) is 17.0 Å². The number of anilines is 2. The predicted molar refractivity (Wildman–Crippen MR) is 163 cm³/mol. The summed E-state index contributed by atoms with van der Waals surface area (Å²) in [6.45, 7) is 1.44. The number of methoxy groups -OCH3 is 2. The molecule has 0 saturated heterocycles. The van der Waals surface area contributed by atoms with Crippen molar-refractivity contribution in [3.8, 4) is 22.8 Å². The van der Waals surface area contributed by atoms with Gasteiger partial charge in [0, 0.05) is 16.6 Å². The maximum absolute atomic E-state index is 13.9. The second-order valence-corrected chi connectivity index (χ2v) is 10.7. The Bertz CT molecular complexity index is 1650. The minimum atomic E-state index is -0.883. The highest BCUT2D eigenvalue weighted by molar-refractivity contribution is 7.09. The molecule has 0 saturated carbocycles. The van der Waals surface area contributed by atoms with Gasteiger partial charge in [0.1, 0.15) is 29.1 Å². The first-order valence-electron chi connectivity index (χ1n) is 13.6. The summed E-state index contributed by atoms with van der Waals surface area (Å²) in [5.74, 6) is -0.956. The number of rotatable bonds is 11. The highest BCUT2D eigenvalue weighted by Crippen LogP contribution is 2.30. The van der Waals surface area contributed by atoms with Gasteiger partial charge in [0.2, 0.25) is 11.8 Å². The van der Waals surface area contributed by atoms with Crippen LogP contribution in [0.25, 0.3) is 11.3 Å². The normalized spacial score (nSPS) is 13.0. The molecule has 1 aliphatic heterocycles. The van der Waals surface area contributed by atoms with Crippen LogP contribution in [0.15, 0.2) is 78.2 Å². The molecule has 1 unspecified atom stereocenters. The molecule has 4 aromatic rings. The molecule has 3 aromatic carbocycles. The van der Waals surface area contributed by atoms with Crippen molar-refractivity contribution < 1.29 is 28.7 Å². The predicted octanol–water partition coefficient (Wildman–Crippen LogP) is 4.80. The number of thiazole rings is 1. The SMILES string of the molecule is CCC(C(=O)Nc1ccc(OC)cc1)N(Cc1nc(-c2ccc(OC)cc2)cs1)C(=O)CN1C(=O)C(=O)c2ccccc21. The lowest BCUT2D eigenvalue weighted by Gasteiger charge is -2.31. The number of hydrogen-bond acceptors (Lipinski definition) is 8. The molecule has 11 heteroatoms. The number of aromatic nitrogens is 1. The first-order valence-corrected chi connectivity index (χ1v) is 14.5. The standard InChI is InChI=1S/C32H30N4O6S/c1-4-26(31(39)33-21-11-15-23(42-3)16-12-21)35(17-28-34-25(19-43-28)20-9-13-22(41-2)14-10-20)29(37)18-36-27-8-6-5-7-24(27)30(38)32(36)40/h5-16,19,26H,4,17-18H2,1-3H3,(H,33,39). The quantitative estimate of drug-likeness (QED) is 0.246. The van der Waals surface area contributed by atoms with Crippen LogP contribution >= 0.6 is 11.3 Å². The average Bonchev–Trinajstić information content (AvgIpc) is 3.60. The Balaban J connectivity index is 1.42. The van der Waals surface area contributed by atoms with E-state index in [0.29, 0.717) is 28.6 Å². The molecule has 1 N–H and O–H groups in total. The Hall–Kier alpha value is -5.03. The van der Waals surface area contributed by atoms with Crippen molar-refractivity contribution >= 4 is 46.2 Å². The van der Waals surface area contributed by atoms with Crippen molar-refractivity contribution in [1.29, 1.82) is 0 Å². The lowest BCUT2D eigenvalue weighted by molar-refractivity contribution is -0.138. The number of Topliss-reactive ketones (excluding diaryl/α,β-unsaturated/α-hetero) is 1. The minimum Gasteiger partial charge on any atom is -0.497 e. The van der Waals surface area contributed by atoms with Gasteiger partial charge in [-0.2, -0.15) is 0 Å². The maximum Gasteiger partial charge on any atom is 0.299 e. The van der Waals surface area contributed by atoms with E-state index in [9.17, 15) is 19.2 Å². The van der Waals surface area contributed by atoms with Gasteiger partial charge in [0.05, 0.1) is 37.7 Å². The molecule has 0 bridgehead atoms. The second-order valence-electron chi connectivity index (χ2n) is 9.76. The zero-order chi connectivity index (χ0) is 30.5. The first-order chi connectivity index (χ1) is 20.8. The van der Waals surface area contributed by atoms with Crippen LogP contribution in [0.4, 0.5) is 11.4 Å². The van der Waals surface area contributed by atoms with Crippen molar-refractivity contribution in [2.75, 3.05) is 31.0 Å². The highest BCUT2D eigenvalue weighted by Gasteiger charge is 2.39. The molecular formula is C32H30N4O6S. The molecular weight excluding hydrogens is 568 g/mol. The van der Waals surface area contributed by atoms with Gasteiger partial charge in [-0.25, -0.2) is 4.98 Å². The molecule has 43 heavy (non-hydrogen) atoms. The average molecular weight is 599 g/mol. The molecule has 10 nitrogen and oxygen atoms in total. The molecule has 0 spiro atoms. The summed E-state index contributed by atoms with van der Waals surface area (Å²) < 4.78 is 10.4. The Morgan fingerprint density at radius 3 is 2.26 bits per heavy atom. The van der Waals surface area contributed by atoms with Gasteiger partial charge < -0.3 is 19.7 Å². The van der Waals surface area contributed by atoms with Crippen LogP contribution in [0, 0.1) is 0 Å². The van der Waals surface area contributed by atoms with Crippen molar-refractivity contribution in [3.05, 3.63) is 88.7 Å². The summed E-state index contributed by atoms with van der Waals surface area (Å²) in [4.78, 5) is 60.3. The van der Waals surface area contributed by atoms with E-state index >= 15 is 0 Å². The summed E-state index contributed by atoms with van der Waals surface area (Å²) >= 11 is 1.36. The summed E-state index contributed by atoms with van der Waals surface area (Å²) in [6.07, 6.45) is 0.300. The third-order valence-corrected chi connectivity index (χ3v) is 7.99. The highest BCUT2D eigenvalue weighted by atomic mass is 32.1. The third kappa shape index (κ3) is 6.26. The number of fused-ring (bicyclic) bond motifs is 1. The zero-order valence-electron chi connectivity index (χ0n) is 23.9. The maximum atomic E-state index is 13.9. The number of ether oxygens (including phenoxy) is 2. The van der Waals surface area contributed by atoms with Crippen LogP contribution in [-0.2, 0) is 20.9 Å². The number of carbonyl (C=O) groups excluding carboxylic acids is 4. The lowest BCUT2D eigenvalue weighted by Crippen LogP contribution is -2.50. The number of nitrogens with one attached hydrogen (secondary N) is 1. The Labute approximate surface area is 252 Å². The van der Waals surface area contributed by atoms with Crippen LogP contribution in [0.1, 0.15) is 28.7 Å². The number of ketones is 1. The van der Waals surface area contributed by atoms with Crippen LogP contribution in [0.2, 0.25) is 0 Å². The van der Waals surface area contributed by atoms with E-state index in [-0.39, 0.29) is 12.1 Å². The number of nitrogens with zero attached hydrogens (tertiary/aromatic N) is 3. The van der Waals surface area contributed by atoms with Gasteiger partial charge in [-0.15, -0.1) is 11.3 Å². The van der Waals surface area contributed by atoms with E-state index in [1.807, 2.05) is 36.6 Å². The molecule has 1 aliphatic rings. The third-order valence-electron chi connectivity index (χ3n) is 7.16. The second kappa shape index (κ2) is 12.9. The molecule has 2 heterocycles. The minimum absolute atomic E-state index is 0.0335. The fourth-order valence-corrected chi connectivity index (χ4v) is 5.68. The fourth-order valence-electron chi connectivity index (χ4n) is 4.87. The van der Waals surface area contributed by atoms with Crippen LogP contribution < -0.4 is 19.7 Å². The van der Waals surface area contributed by atoms with E-state index in [1.54, 1.807) is 62.8 Å². The Morgan fingerprint density at radius 2 is 1.60 bits per heavy atom. The topological polar surface area (TPSA) is 118 Å². The monoisotopic (exact) mass is 598 g/mol. The molecule has 5 rings (SSSR count). The summed E-state index contributed by atoms with van der Waals surface area (Å²) in [6, 6.07) is 20.0. The van der Waals surface area contributed by atoms with Crippen molar-refractivity contribution in [2.45, 2.75) is 25.9 Å². The molecule has 0 radical (unpaired) electrons. The smallest absolute Gasteiger partial charge is 0.299 e. The van der Waals surface area contributed by atoms with Gasteiger partial charge in [-0.05, 0) is 67.1 Å². The Kier molecular flexibility index (Phi) is 8.82. The number of carbonyl (C=O) groups is 4. The van der Waals surface area contributed by atoms with E-state index in [1.165, 1.54) is 21.1 Å². The lowest BCUT2D eigenvalue weighted by atomic mass is 10.1. The molecule has 1 aromatic heterocycles. The Morgan fingerprint density at radius 1 is 0.953 bits per heavy atom. The number of hydrogen-bond donors (Lipinski definition) is 1. The van der Waals surface area contributed by atoms with Crippen molar-refractivity contribution in [1.82, 2.24) is 9.88 Å². The van der Waals surface area contributed by atoms with Crippen LogP contribution in [-0.4, -0.2) is 60.2 Å². The van der Waals surface area contributed by atoms with Crippen molar-refractivity contribution in [3.63, 3.8) is 0 Å². The van der Waals surface area contributed by atoms with E-state index in [4.69, 9.17) is 14.5 Å². The number of amides is 3. The molecule has 3 amide bonds. The number of para-hydroxylation sites is 1.